The van der Waals surface area contributed by atoms with Crippen molar-refractivity contribution in [2.75, 3.05) is 6.54 Å². The molecule has 1 N–H and O–H groups in total. The first-order valence-corrected chi connectivity index (χ1v) is 7.75. The maximum Gasteiger partial charge on any atom is 0.132 e. The maximum atomic E-state index is 13.9. The Morgan fingerprint density at radius 2 is 1.86 bits per heavy atom. The van der Waals surface area contributed by atoms with E-state index >= 15 is 0 Å². The van der Waals surface area contributed by atoms with E-state index in [1.165, 1.54) is 11.6 Å². The van der Waals surface area contributed by atoms with Gasteiger partial charge in [-0.3, -0.25) is 0 Å². The van der Waals surface area contributed by atoms with Crippen molar-refractivity contribution in [2.45, 2.75) is 32.7 Å². The van der Waals surface area contributed by atoms with Crippen LogP contribution in [0.3, 0.4) is 0 Å². The minimum Gasteiger partial charge on any atom is -0.314 e. The standard InChI is InChI=1S/C18H21ClFN/c1-3-10-21-13(2)11-14-4-6-15(7-5-14)17-9-8-16(19)12-18(17)20/h4-9,12-13,21H,3,10-11H2,1-2H3. The van der Waals surface area contributed by atoms with Crippen LogP contribution in [0.2, 0.25) is 5.02 Å². The van der Waals surface area contributed by atoms with Gasteiger partial charge in [0.1, 0.15) is 5.82 Å². The van der Waals surface area contributed by atoms with Crippen molar-refractivity contribution >= 4 is 11.6 Å². The zero-order chi connectivity index (χ0) is 15.2. The second kappa shape index (κ2) is 7.58. The first kappa shape index (κ1) is 16.0. The zero-order valence-electron chi connectivity index (χ0n) is 12.5. The van der Waals surface area contributed by atoms with Crippen LogP contribution in [0.25, 0.3) is 11.1 Å². The molecule has 0 spiro atoms. The van der Waals surface area contributed by atoms with Gasteiger partial charge in [-0.25, -0.2) is 4.39 Å². The highest BCUT2D eigenvalue weighted by Gasteiger charge is 2.07. The summed E-state index contributed by atoms with van der Waals surface area (Å²) < 4.78 is 13.9. The van der Waals surface area contributed by atoms with Crippen molar-refractivity contribution in [3.05, 3.63) is 58.9 Å². The number of rotatable bonds is 6. The molecule has 1 unspecified atom stereocenters. The van der Waals surface area contributed by atoms with Gasteiger partial charge >= 0.3 is 0 Å². The van der Waals surface area contributed by atoms with E-state index in [1.54, 1.807) is 12.1 Å². The molecule has 0 radical (unpaired) electrons. The summed E-state index contributed by atoms with van der Waals surface area (Å²) in [5.41, 5.74) is 2.72. The molecule has 3 heteroatoms. The number of hydrogen-bond acceptors (Lipinski definition) is 1. The lowest BCUT2D eigenvalue weighted by atomic mass is 10.0. The smallest absolute Gasteiger partial charge is 0.132 e. The van der Waals surface area contributed by atoms with Crippen LogP contribution in [0, 0.1) is 5.82 Å². The Labute approximate surface area is 131 Å². The van der Waals surface area contributed by atoms with E-state index in [9.17, 15) is 4.39 Å². The van der Waals surface area contributed by atoms with E-state index in [4.69, 9.17) is 11.6 Å². The van der Waals surface area contributed by atoms with Gasteiger partial charge < -0.3 is 5.32 Å². The molecular formula is C18H21ClFN. The molecule has 1 atom stereocenters. The number of hydrogen-bond donors (Lipinski definition) is 1. The van der Waals surface area contributed by atoms with Crippen LogP contribution < -0.4 is 5.32 Å². The molecular weight excluding hydrogens is 285 g/mol. The van der Waals surface area contributed by atoms with Crippen molar-refractivity contribution in [1.82, 2.24) is 5.32 Å². The molecule has 0 saturated carbocycles. The zero-order valence-corrected chi connectivity index (χ0v) is 13.3. The number of nitrogens with one attached hydrogen (secondary N) is 1. The van der Waals surface area contributed by atoms with Gasteiger partial charge in [0.05, 0.1) is 0 Å². The fraction of sp³-hybridized carbons (Fsp3) is 0.333. The van der Waals surface area contributed by atoms with Crippen LogP contribution in [-0.4, -0.2) is 12.6 Å². The van der Waals surface area contributed by atoms with Crippen molar-refractivity contribution in [2.24, 2.45) is 0 Å². The largest absolute Gasteiger partial charge is 0.314 e. The molecule has 0 fully saturated rings. The third kappa shape index (κ3) is 4.55. The summed E-state index contributed by atoms with van der Waals surface area (Å²) >= 11 is 5.78. The molecule has 0 amide bonds. The van der Waals surface area contributed by atoms with Crippen LogP contribution in [0.1, 0.15) is 25.8 Å². The molecule has 0 bridgehead atoms. The van der Waals surface area contributed by atoms with Crippen LogP contribution in [0.5, 0.6) is 0 Å². The normalized spacial score (nSPS) is 12.4. The molecule has 0 aliphatic carbocycles. The van der Waals surface area contributed by atoms with E-state index in [1.807, 2.05) is 12.1 Å². The summed E-state index contributed by atoms with van der Waals surface area (Å²) in [7, 11) is 0. The van der Waals surface area contributed by atoms with Gasteiger partial charge in [0, 0.05) is 16.6 Å². The second-order valence-corrected chi connectivity index (χ2v) is 5.82. The topological polar surface area (TPSA) is 12.0 Å². The minimum absolute atomic E-state index is 0.284. The Morgan fingerprint density at radius 3 is 2.48 bits per heavy atom. The predicted octanol–water partition coefficient (Wildman–Crippen LogP) is 5.08. The molecule has 21 heavy (non-hydrogen) atoms. The minimum atomic E-state index is -0.284. The summed E-state index contributed by atoms with van der Waals surface area (Å²) in [6.07, 6.45) is 2.11. The Kier molecular flexibility index (Phi) is 5.77. The summed E-state index contributed by atoms with van der Waals surface area (Å²) in [6.45, 7) is 5.38. The third-order valence-electron chi connectivity index (χ3n) is 3.48. The highest BCUT2D eigenvalue weighted by molar-refractivity contribution is 6.30. The molecule has 0 aliphatic heterocycles. The van der Waals surface area contributed by atoms with E-state index in [-0.39, 0.29) is 5.82 Å². The van der Waals surface area contributed by atoms with Gasteiger partial charge in [-0.05, 0) is 55.6 Å². The average Bonchev–Trinajstić information content (AvgIpc) is 2.46. The SMILES string of the molecule is CCCNC(C)Cc1ccc(-c2ccc(Cl)cc2F)cc1. The lowest BCUT2D eigenvalue weighted by Crippen LogP contribution is -2.28. The lowest BCUT2D eigenvalue weighted by molar-refractivity contribution is 0.543. The van der Waals surface area contributed by atoms with E-state index in [0.29, 0.717) is 16.6 Å². The fourth-order valence-corrected chi connectivity index (χ4v) is 2.52. The van der Waals surface area contributed by atoms with Crippen molar-refractivity contribution in [3.8, 4) is 11.1 Å². The first-order valence-electron chi connectivity index (χ1n) is 7.38. The molecule has 1 nitrogen and oxygen atoms in total. The molecule has 112 valence electrons. The van der Waals surface area contributed by atoms with Gasteiger partial charge in [0.2, 0.25) is 0 Å². The summed E-state index contributed by atoms with van der Waals surface area (Å²) in [5.74, 6) is -0.284. The Balaban J connectivity index is 2.08. The Morgan fingerprint density at radius 1 is 1.14 bits per heavy atom. The monoisotopic (exact) mass is 305 g/mol. The van der Waals surface area contributed by atoms with Crippen LogP contribution in [0.15, 0.2) is 42.5 Å². The van der Waals surface area contributed by atoms with Crippen molar-refractivity contribution in [1.29, 1.82) is 0 Å². The highest BCUT2D eigenvalue weighted by Crippen LogP contribution is 2.25. The summed E-state index contributed by atoms with van der Waals surface area (Å²) in [4.78, 5) is 0. The highest BCUT2D eigenvalue weighted by atomic mass is 35.5. The van der Waals surface area contributed by atoms with E-state index < -0.39 is 0 Å². The van der Waals surface area contributed by atoms with Crippen LogP contribution >= 0.6 is 11.6 Å². The predicted molar refractivity (Wildman–Crippen MR) is 88.3 cm³/mol. The quantitative estimate of drug-likeness (QED) is 0.785. The first-order chi connectivity index (χ1) is 10.1. The molecule has 0 aromatic heterocycles. The molecule has 0 aliphatic rings. The van der Waals surface area contributed by atoms with Gasteiger partial charge in [-0.1, -0.05) is 42.8 Å². The number of benzene rings is 2. The molecule has 2 aromatic rings. The van der Waals surface area contributed by atoms with Crippen molar-refractivity contribution in [3.63, 3.8) is 0 Å². The third-order valence-corrected chi connectivity index (χ3v) is 3.72. The Hall–Kier alpha value is -1.38. The molecule has 2 rings (SSSR count). The van der Waals surface area contributed by atoms with Gasteiger partial charge in [-0.2, -0.15) is 0 Å². The van der Waals surface area contributed by atoms with Gasteiger partial charge in [0.15, 0.2) is 0 Å². The van der Waals surface area contributed by atoms with Gasteiger partial charge in [0.25, 0.3) is 0 Å². The number of halogens is 2. The lowest BCUT2D eigenvalue weighted by Gasteiger charge is -2.13. The van der Waals surface area contributed by atoms with E-state index in [0.717, 1.165) is 24.9 Å². The Bertz CT molecular complexity index is 580. The second-order valence-electron chi connectivity index (χ2n) is 5.38. The molecule has 0 heterocycles. The van der Waals surface area contributed by atoms with Crippen LogP contribution in [0.4, 0.5) is 4.39 Å². The summed E-state index contributed by atoms with van der Waals surface area (Å²) in [5, 5.41) is 3.89. The van der Waals surface area contributed by atoms with Crippen LogP contribution in [-0.2, 0) is 6.42 Å². The molecule has 2 aromatic carbocycles. The molecule has 0 saturated heterocycles. The van der Waals surface area contributed by atoms with E-state index in [2.05, 4.69) is 31.3 Å². The van der Waals surface area contributed by atoms with Crippen molar-refractivity contribution < 1.29 is 4.39 Å². The fourth-order valence-electron chi connectivity index (χ4n) is 2.36. The maximum absolute atomic E-state index is 13.9. The average molecular weight is 306 g/mol. The summed E-state index contributed by atoms with van der Waals surface area (Å²) in [6, 6.07) is 13.3. The van der Waals surface area contributed by atoms with Gasteiger partial charge in [-0.15, -0.1) is 0 Å².